The fraction of sp³-hybridized carbons (Fsp3) is 0.478. The van der Waals surface area contributed by atoms with Crippen molar-refractivity contribution >= 4 is 29.0 Å². The molecule has 9 heteroatoms. The van der Waals surface area contributed by atoms with Gasteiger partial charge in [0.15, 0.2) is 5.78 Å². The molecule has 8 nitrogen and oxygen atoms in total. The monoisotopic (exact) mass is 462 g/mol. The van der Waals surface area contributed by atoms with Gasteiger partial charge in [-0.3, -0.25) is 14.9 Å². The van der Waals surface area contributed by atoms with Crippen LogP contribution in [0.15, 0.2) is 40.7 Å². The minimum absolute atomic E-state index is 0.0473. The Morgan fingerprint density at radius 1 is 1.31 bits per heavy atom. The Labute approximate surface area is 191 Å². The molecule has 0 bridgehead atoms. The van der Waals surface area contributed by atoms with E-state index in [1.807, 2.05) is 20.8 Å². The van der Waals surface area contributed by atoms with E-state index in [-0.39, 0.29) is 40.7 Å². The number of Topliss-reactive ketones (excluding diaryl/α,β-unsaturated/α-hetero) is 1. The van der Waals surface area contributed by atoms with Crippen molar-refractivity contribution in [3.8, 4) is 0 Å². The fourth-order valence-corrected chi connectivity index (χ4v) is 4.53. The van der Waals surface area contributed by atoms with E-state index in [0.29, 0.717) is 42.0 Å². The van der Waals surface area contributed by atoms with Gasteiger partial charge in [-0.2, -0.15) is 0 Å². The molecule has 1 atom stereocenters. The topological polar surface area (TPSA) is 108 Å². The van der Waals surface area contributed by atoms with Gasteiger partial charge >= 0.3 is 5.97 Å². The Morgan fingerprint density at radius 2 is 2.03 bits per heavy atom. The number of esters is 1. The number of ether oxygens (including phenoxy) is 2. The zero-order valence-electron chi connectivity index (χ0n) is 18.6. The summed E-state index contributed by atoms with van der Waals surface area (Å²) < 4.78 is 10.6. The molecule has 0 radical (unpaired) electrons. The molecule has 1 aliphatic heterocycles. The van der Waals surface area contributed by atoms with Crippen molar-refractivity contribution in [1.29, 1.82) is 0 Å². The molecule has 1 N–H and O–H groups in total. The van der Waals surface area contributed by atoms with Gasteiger partial charge in [-0.1, -0.05) is 25.4 Å². The quantitative estimate of drug-likeness (QED) is 0.276. The van der Waals surface area contributed by atoms with Gasteiger partial charge < -0.3 is 14.8 Å². The van der Waals surface area contributed by atoms with Crippen molar-refractivity contribution < 1.29 is 24.0 Å². The van der Waals surface area contributed by atoms with E-state index in [1.165, 1.54) is 18.2 Å². The number of nitro benzene ring substituents is 1. The second-order valence-corrected chi connectivity index (χ2v) is 9.13. The lowest BCUT2D eigenvalue weighted by atomic mass is 9.68. The molecule has 1 heterocycles. The lowest BCUT2D eigenvalue weighted by Gasteiger charge is -2.39. The molecule has 32 heavy (non-hydrogen) atoms. The SMILES string of the molecule is CCOCCOC(=O)C1=C(C)NC2=C(C(=O)CC(C)(C)C2)C1c1cc([N+](=O)[O-])ccc1Cl. The smallest absolute Gasteiger partial charge is 0.336 e. The van der Waals surface area contributed by atoms with Gasteiger partial charge in [0.1, 0.15) is 6.61 Å². The van der Waals surface area contributed by atoms with Crippen LogP contribution in [0.2, 0.25) is 5.02 Å². The van der Waals surface area contributed by atoms with Crippen LogP contribution in [0.3, 0.4) is 0 Å². The predicted octanol–water partition coefficient (Wildman–Crippen LogP) is 4.43. The third kappa shape index (κ3) is 4.86. The van der Waals surface area contributed by atoms with Crippen LogP contribution in [-0.2, 0) is 19.1 Å². The van der Waals surface area contributed by atoms with Crippen LogP contribution in [0.5, 0.6) is 0 Å². The lowest BCUT2D eigenvalue weighted by molar-refractivity contribution is -0.384. The molecule has 1 aromatic carbocycles. The predicted molar refractivity (Wildman–Crippen MR) is 119 cm³/mol. The molecule has 0 amide bonds. The molecular weight excluding hydrogens is 436 g/mol. The van der Waals surface area contributed by atoms with Crippen molar-refractivity contribution in [1.82, 2.24) is 5.32 Å². The summed E-state index contributed by atoms with van der Waals surface area (Å²) in [6, 6.07) is 4.04. The fourth-order valence-electron chi connectivity index (χ4n) is 4.30. The number of halogens is 1. The van der Waals surface area contributed by atoms with Gasteiger partial charge in [-0.05, 0) is 37.3 Å². The number of benzene rings is 1. The van der Waals surface area contributed by atoms with Gasteiger partial charge in [-0.25, -0.2) is 4.79 Å². The molecule has 0 saturated heterocycles. The molecule has 0 spiro atoms. The molecule has 0 fully saturated rings. The summed E-state index contributed by atoms with van der Waals surface area (Å²) in [5.74, 6) is -1.60. The van der Waals surface area contributed by atoms with Gasteiger partial charge in [0.25, 0.3) is 5.69 Å². The van der Waals surface area contributed by atoms with Crippen molar-refractivity contribution in [3.05, 3.63) is 61.4 Å². The van der Waals surface area contributed by atoms with Crippen molar-refractivity contribution in [2.24, 2.45) is 5.41 Å². The summed E-state index contributed by atoms with van der Waals surface area (Å²) >= 11 is 6.46. The van der Waals surface area contributed by atoms with E-state index in [4.69, 9.17) is 21.1 Å². The number of dihydropyridines is 1. The van der Waals surface area contributed by atoms with E-state index in [2.05, 4.69) is 5.32 Å². The first-order chi connectivity index (χ1) is 15.1. The van der Waals surface area contributed by atoms with Crippen LogP contribution in [0.25, 0.3) is 0 Å². The van der Waals surface area contributed by atoms with E-state index in [1.54, 1.807) is 6.92 Å². The Kier molecular flexibility index (Phi) is 7.05. The normalized spacial score (nSPS) is 20.0. The van der Waals surface area contributed by atoms with E-state index in [0.717, 1.165) is 0 Å². The van der Waals surface area contributed by atoms with E-state index >= 15 is 0 Å². The molecule has 1 aromatic rings. The minimum atomic E-state index is -0.859. The third-order valence-corrected chi connectivity index (χ3v) is 5.97. The molecule has 2 aliphatic rings. The highest BCUT2D eigenvalue weighted by Crippen LogP contribution is 2.48. The largest absolute Gasteiger partial charge is 0.460 e. The second-order valence-electron chi connectivity index (χ2n) is 8.73. The summed E-state index contributed by atoms with van der Waals surface area (Å²) in [4.78, 5) is 37.3. The van der Waals surface area contributed by atoms with Crippen LogP contribution in [0.1, 0.15) is 52.0 Å². The summed E-state index contributed by atoms with van der Waals surface area (Å²) in [6.07, 6.45) is 0.892. The Hall–Kier alpha value is -2.71. The molecule has 0 saturated carbocycles. The van der Waals surface area contributed by atoms with E-state index < -0.39 is 16.8 Å². The summed E-state index contributed by atoms with van der Waals surface area (Å²) in [5, 5.41) is 14.9. The number of hydrogen-bond donors (Lipinski definition) is 1. The third-order valence-electron chi connectivity index (χ3n) is 5.63. The lowest BCUT2D eigenvalue weighted by Crippen LogP contribution is -2.39. The summed E-state index contributed by atoms with van der Waals surface area (Å²) in [7, 11) is 0. The number of non-ortho nitro benzene ring substituents is 1. The van der Waals surface area contributed by atoms with Gasteiger partial charge in [-0.15, -0.1) is 0 Å². The van der Waals surface area contributed by atoms with Crippen LogP contribution < -0.4 is 5.32 Å². The number of nitro groups is 1. The van der Waals surface area contributed by atoms with E-state index in [9.17, 15) is 19.7 Å². The highest BCUT2D eigenvalue weighted by molar-refractivity contribution is 6.31. The molecular formula is C23H27ClN2O6. The molecule has 3 rings (SSSR count). The van der Waals surface area contributed by atoms with Crippen molar-refractivity contribution in [2.45, 2.75) is 46.5 Å². The Morgan fingerprint density at radius 3 is 2.69 bits per heavy atom. The zero-order chi connectivity index (χ0) is 23.6. The molecule has 1 aliphatic carbocycles. The molecule has 1 unspecified atom stereocenters. The summed E-state index contributed by atoms with van der Waals surface area (Å²) in [6.45, 7) is 8.35. The highest BCUT2D eigenvalue weighted by Gasteiger charge is 2.44. The Bertz CT molecular complexity index is 1030. The number of carbonyl (C=O) groups is 2. The van der Waals surface area contributed by atoms with Crippen molar-refractivity contribution in [3.63, 3.8) is 0 Å². The standard InChI is InChI=1S/C23H27ClN2O6/c1-5-31-8-9-32-22(28)19-13(2)25-17-11-23(3,4)12-18(27)21(17)20(19)15-10-14(26(29)30)6-7-16(15)24/h6-7,10,20,25H,5,8-9,11-12H2,1-4H3. The van der Waals surface area contributed by atoms with Gasteiger partial charge in [0, 0.05) is 53.1 Å². The maximum atomic E-state index is 13.3. The first-order valence-corrected chi connectivity index (χ1v) is 10.9. The van der Waals surface area contributed by atoms with Crippen molar-refractivity contribution in [2.75, 3.05) is 19.8 Å². The number of ketones is 1. The number of rotatable bonds is 7. The van der Waals surface area contributed by atoms with Crippen LogP contribution in [0, 0.1) is 15.5 Å². The number of allylic oxidation sites excluding steroid dienone is 3. The van der Waals surface area contributed by atoms with Crippen LogP contribution in [-0.4, -0.2) is 36.5 Å². The number of nitrogens with zero attached hydrogens (tertiary/aromatic N) is 1. The first kappa shape index (κ1) is 23.9. The zero-order valence-corrected chi connectivity index (χ0v) is 19.4. The number of nitrogens with one attached hydrogen (secondary N) is 1. The van der Waals surface area contributed by atoms with Crippen LogP contribution >= 0.6 is 11.6 Å². The average molecular weight is 463 g/mol. The van der Waals surface area contributed by atoms with Gasteiger partial charge in [0.2, 0.25) is 0 Å². The average Bonchev–Trinajstić information content (AvgIpc) is 2.69. The van der Waals surface area contributed by atoms with Crippen LogP contribution in [0.4, 0.5) is 5.69 Å². The Balaban J connectivity index is 2.13. The molecule has 172 valence electrons. The number of carbonyl (C=O) groups excluding carboxylic acids is 2. The number of hydrogen-bond acceptors (Lipinski definition) is 7. The minimum Gasteiger partial charge on any atom is -0.460 e. The second kappa shape index (κ2) is 9.42. The first-order valence-electron chi connectivity index (χ1n) is 10.5. The molecule has 0 aromatic heterocycles. The maximum absolute atomic E-state index is 13.3. The summed E-state index contributed by atoms with van der Waals surface area (Å²) in [5.41, 5.74) is 1.78. The highest BCUT2D eigenvalue weighted by atomic mass is 35.5. The van der Waals surface area contributed by atoms with Gasteiger partial charge in [0.05, 0.1) is 17.1 Å². The maximum Gasteiger partial charge on any atom is 0.336 e.